The molecule has 0 atom stereocenters. The van der Waals surface area contributed by atoms with Crippen LogP contribution in [0.3, 0.4) is 0 Å². The lowest BCUT2D eigenvalue weighted by Gasteiger charge is -2.09. The lowest BCUT2D eigenvalue weighted by molar-refractivity contribution is -0.120. The van der Waals surface area contributed by atoms with Gasteiger partial charge < -0.3 is 5.32 Å². The number of hydrogen-bond donors (Lipinski definition) is 1. The normalized spacial score (nSPS) is 11.6. The number of halogens is 3. The maximum absolute atomic E-state index is 11.0. The number of rotatable bonds is 5. The van der Waals surface area contributed by atoms with Crippen molar-refractivity contribution in [2.75, 3.05) is 6.54 Å². The zero-order valence-corrected chi connectivity index (χ0v) is 9.87. The van der Waals surface area contributed by atoms with Crippen LogP contribution >= 0.6 is 34.8 Å². The molecule has 1 amide bonds. The van der Waals surface area contributed by atoms with Crippen molar-refractivity contribution in [3.63, 3.8) is 0 Å². The van der Waals surface area contributed by atoms with Crippen LogP contribution in [0.4, 0.5) is 0 Å². The lowest BCUT2D eigenvalue weighted by atomic mass is 10.3. The van der Waals surface area contributed by atoms with Crippen molar-refractivity contribution < 1.29 is 4.79 Å². The Morgan fingerprint density at radius 2 is 1.93 bits per heavy atom. The van der Waals surface area contributed by atoms with Crippen LogP contribution in [0.5, 0.6) is 0 Å². The van der Waals surface area contributed by atoms with Gasteiger partial charge in [0.25, 0.3) is 9.70 Å². The Kier molecular flexibility index (Phi) is 7.06. The molecule has 1 N–H and O–H groups in total. The highest BCUT2D eigenvalue weighted by Gasteiger charge is 2.29. The van der Waals surface area contributed by atoms with E-state index in [9.17, 15) is 4.79 Å². The summed E-state index contributed by atoms with van der Waals surface area (Å²) in [4.78, 5) is 11.0. The van der Waals surface area contributed by atoms with Crippen LogP contribution < -0.4 is 5.32 Å². The van der Waals surface area contributed by atoms with E-state index in [1.165, 1.54) is 0 Å². The first-order chi connectivity index (χ1) is 6.48. The van der Waals surface area contributed by atoms with E-state index in [4.69, 9.17) is 34.8 Å². The molecule has 0 aliphatic heterocycles. The van der Waals surface area contributed by atoms with Crippen LogP contribution in [0.1, 0.15) is 12.8 Å². The van der Waals surface area contributed by atoms with Gasteiger partial charge >= 0.3 is 0 Å². The van der Waals surface area contributed by atoms with Gasteiger partial charge in [-0.1, -0.05) is 53.0 Å². The van der Waals surface area contributed by atoms with Crippen LogP contribution in [0.15, 0.2) is 24.8 Å². The van der Waals surface area contributed by atoms with Gasteiger partial charge in [-0.05, 0) is 12.8 Å². The molecular weight excluding hydrogens is 244 g/mol. The molecule has 80 valence electrons. The molecule has 2 nitrogen and oxygen atoms in total. The summed E-state index contributed by atoms with van der Waals surface area (Å²) in [7, 11) is 0. The second-order valence-electron chi connectivity index (χ2n) is 2.55. The molecule has 0 aromatic carbocycles. The highest BCUT2D eigenvalue weighted by molar-refractivity contribution is 6.76. The standard InChI is InChI=1S/C9H12Cl3NO/c1-2-3-4-5-6-7-13-8(14)9(10,11)12/h2,5-6H,1,3-4,7H2,(H,13,14)/b6-5+. The summed E-state index contributed by atoms with van der Waals surface area (Å²) in [5.41, 5.74) is 0. The Labute approximate surface area is 98.9 Å². The summed E-state index contributed by atoms with van der Waals surface area (Å²) in [5.74, 6) is -0.615. The molecule has 0 bridgehead atoms. The third-order valence-corrected chi connectivity index (χ3v) is 1.86. The first-order valence-electron chi connectivity index (χ1n) is 4.09. The number of hydrogen-bond acceptors (Lipinski definition) is 1. The summed E-state index contributed by atoms with van der Waals surface area (Å²) in [6, 6.07) is 0. The van der Waals surface area contributed by atoms with Gasteiger partial charge in [-0.25, -0.2) is 0 Å². The van der Waals surface area contributed by atoms with Crippen molar-refractivity contribution in [1.29, 1.82) is 0 Å². The van der Waals surface area contributed by atoms with Gasteiger partial charge in [-0.2, -0.15) is 0 Å². The number of amides is 1. The smallest absolute Gasteiger partial charge is 0.272 e. The predicted molar refractivity (Wildman–Crippen MR) is 61.9 cm³/mol. The topological polar surface area (TPSA) is 29.1 Å². The van der Waals surface area contributed by atoms with Crippen LogP contribution in [-0.2, 0) is 4.79 Å². The largest absolute Gasteiger partial charge is 0.349 e. The number of allylic oxidation sites excluding steroid dienone is 2. The van der Waals surface area contributed by atoms with E-state index in [-0.39, 0.29) is 0 Å². The summed E-state index contributed by atoms with van der Waals surface area (Å²) in [5, 5.41) is 2.45. The monoisotopic (exact) mass is 255 g/mol. The Balaban J connectivity index is 3.59. The predicted octanol–water partition coefficient (Wildman–Crippen LogP) is 3.00. The lowest BCUT2D eigenvalue weighted by Crippen LogP contribution is -2.34. The molecule has 0 saturated carbocycles. The van der Waals surface area contributed by atoms with Crippen molar-refractivity contribution in [1.82, 2.24) is 5.32 Å². The fourth-order valence-corrected chi connectivity index (χ4v) is 0.868. The Bertz CT molecular complexity index is 221. The van der Waals surface area contributed by atoms with E-state index in [1.807, 2.05) is 12.2 Å². The number of carbonyl (C=O) groups is 1. The minimum Gasteiger partial charge on any atom is -0.349 e. The minimum atomic E-state index is -1.88. The number of nitrogens with one attached hydrogen (secondary N) is 1. The van der Waals surface area contributed by atoms with E-state index >= 15 is 0 Å². The Hall–Kier alpha value is -0.180. The number of carbonyl (C=O) groups excluding carboxylic acids is 1. The average molecular weight is 257 g/mol. The second kappa shape index (κ2) is 7.16. The van der Waals surface area contributed by atoms with Gasteiger partial charge in [-0.3, -0.25) is 4.79 Å². The van der Waals surface area contributed by atoms with Gasteiger partial charge in [-0.15, -0.1) is 6.58 Å². The molecule has 5 heteroatoms. The van der Waals surface area contributed by atoms with Crippen LogP contribution in [-0.4, -0.2) is 16.2 Å². The molecule has 0 fully saturated rings. The molecule has 0 unspecified atom stereocenters. The summed E-state index contributed by atoms with van der Waals surface area (Å²) >= 11 is 16.0. The molecule has 0 heterocycles. The zero-order valence-electron chi connectivity index (χ0n) is 7.60. The van der Waals surface area contributed by atoms with Gasteiger partial charge in [0.05, 0.1) is 0 Å². The molecule has 0 aliphatic rings. The van der Waals surface area contributed by atoms with Crippen LogP contribution in [0.25, 0.3) is 0 Å². The quantitative estimate of drug-likeness (QED) is 0.457. The highest BCUT2D eigenvalue weighted by Crippen LogP contribution is 2.25. The van der Waals surface area contributed by atoms with E-state index in [2.05, 4.69) is 11.9 Å². The Morgan fingerprint density at radius 1 is 1.29 bits per heavy atom. The maximum Gasteiger partial charge on any atom is 0.272 e. The fourth-order valence-electron chi connectivity index (χ4n) is 0.667. The van der Waals surface area contributed by atoms with Crippen molar-refractivity contribution in [3.05, 3.63) is 24.8 Å². The van der Waals surface area contributed by atoms with Gasteiger partial charge in [0.1, 0.15) is 0 Å². The summed E-state index contributed by atoms with van der Waals surface area (Å²) in [6.07, 6.45) is 7.37. The summed E-state index contributed by atoms with van der Waals surface area (Å²) in [6.45, 7) is 3.95. The third kappa shape index (κ3) is 7.25. The number of unbranched alkanes of at least 4 members (excludes halogenated alkanes) is 1. The van der Waals surface area contributed by atoms with Gasteiger partial charge in [0.2, 0.25) is 0 Å². The van der Waals surface area contributed by atoms with Crippen LogP contribution in [0.2, 0.25) is 0 Å². The van der Waals surface area contributed by atoms with Crippen molar-refractivity contribution in [2.24, 2.45) is 0 Å². The van der Waals surface area contributed by atoms with E-state index in [0.29, 0.717) is 6.54 Å². The average Bonchev–Trinajstić information content (AvgIpc) is 2.09. The van der Waals surface area contributed by atoms with Crippen molar-refractivity contribution in [2.45, 2.75) is 16.6 Å². The fraction of sp³-hybridized carbons (Fsp3) is 0.444. The minimum absolute atomic E-state index is 0.365. The second-order valence-corrected chi connectivity index (χ2v) is 4.83. The molecule has 0 radical (unpaired) electrons. The van der Waals surface area contributed by atoms with Gasteiger partial charge in [0.15, 0.2) is 0 Å². The molecule has 0 aromatic heterocycles. The molecule has 14 heavy (non-hydrogen) atoms. The first-order valence-corrected chi connectivity index (χ1v) is 5.22. The molecule has 0 aromatic rings. The Morgan fingerprint density at radius 3 is 2.43 bits per heavy atom. The van der Waals surface area contributed by atoms with E-state index in [1.54, 1.807) is 6.08 Å². The number of alkyl halides is 3. The molecule has 0 rings (SSSR count). The zero-order chi connectivity index (χ0) is 11.0. The first kappa shape index (κ1) is 13.8. The SMILES string of the molecule is C=CCC/C=C/CNC(=O)C(Cl)(Cl)Cl. The molecule has 0 aliphatic carbocycles. The maximum atomic E-state index is 11.0. The van der Waals surface area contributed by atoms with E-state index in [0.717, 1.165) is 12.8 Å². The van der Waals surface area contributed by atoms with Crippen LogP contribution in [0, 0.1) is 0 Å². The van der Waals surface area contributed by atoms with Crippen molar-refractivity contribution in [3.8, 4) is 0 Å². The van der Waals surface area contributed by atoms with E-state index < -0.39 is 9.70 Å². The molecule has 0 saturated heterocycles. The van der Waals surface area contributed by atoms with Crippen molar-refractivity contribution >= 4 is 40.7 Å². The molecule has 0 spiro atoms. The molecular formula is C9H12Cl3NO. The summed E-state index contributed by atoms with van der Waals surface area (Å²) < 4.78 is -1.88. The third-order valence-electron chi connectivity index (χ3n) is 1.34. The van der Waals surface area contributed by atoms with Gasteiger partial charge in [0, 0.05) is 6.54 Å². The highest BCUT2D eigenvalue weighted by atomic mass is 35.6.